The van der Waals surface area contributed by atoms with Gasteiger partial charge in [0.05, 0.1) is 12.2 Å². The van der Waals surface area contributed by atoms with E-state index in [2.05, 4.69) is 42.2 Å². The quantitative estimate of drug-likeness (QED) is 0.716. The topological polar surface area (TPSA) is 46.4 Å². The number of hydrogen-bond donors (Lipinski definition) is 1. The van der Waals surface area contributed by atoms with Gasteiger partial charge in [0.1, 0.15) is 5.65 Å². The Balaban J connectivity index is 1.72. The van der Waals surface area contributed by atoms with E-state index in [4.69, 9.17) is 0 Å². The molecule has 1 N–H and O–H groups in total. The molecule has 0 bridgehead atoms. The van der Waals surface area contributed by atoms with Gasteiger partial charge in [-0.3, -0.25) is 4.79 Å². The second kappa shape index (κ2) is 5.99. The van der Waals surface area contributed by atoms with E-state index in [-0.39, 0.29) is 5.91 Å². The summed E-state index contributed by atoms with van der Waals surface area (Å²) in [5.74, 6) is -0.116. The number of carbonyl (C=O) groups is 1. The van der Waals surface area contributed by atoms with Gasteiger partial charge in [-0.25, -0.2) is 4.98 Å². The summed E-state index contributed by atoms with van der Waals surface area (Å²) in [5, 5.41) is 2.87. The third-order valence-corrected chi connectivity index (χ3v) is 3.94. The molecule has 0 unspecified atom stereocenters. The molecule has 0 saturated heterocycles. The molecule has 1 amide bonds. The highest BCUT2D eigenvalue weighted by Gasteiger charge is 2.07. The minimum absolute atomic E-state index is 0.116. The molecule has 1 aromatic carbocycles. The van der Waals surface area contributed by atoms with E-state index in [1.54, 1.807) is 12.1 Å². The number of nitrogens with one attached hydrogen (secondary N) is 1. The molecule has 3 aromatic rings. The number of aromatic nitrogens is 2. The van der Waals surface area contributed by atoms with E-state index in [0.717, 1.165) is 20.3 Å². The first-order valence-corrected chi connectivity index (χ1v) is 7.87. The summed E-state index contributed by atoms with van der Waals surface area (Å²) >= 11 is 6.77. The lowest BCUT2D eigenvalue weighted by molar-refractivity contribution is 0.0950. The van der Waals surface area contributed by atoms with Crippen LogP contribution in [0.1, 0.15) is 16.1 Å². The SMILES string of the molecule is O=C(NCc1cn2cc(Br)ccc2n1)c1cccc(Br)c1. The van der Waals surface area contributed by atoms with Crippen molar-refractivity contribution in [3.63, 3.8) is 0 Å². The van der Waals surface area contributed by atoms with Gasteiger partial charge in [0.25, 0.3) is 5.91 Å². The lowest BCUT2D eigenvalue weighted by Gasteiger charge is -2.03. The van der Waals surface area contributed by atoms with Crippen LogP contribution in [-0.2, 0) is 6.54 Å². The number of benzene rings is 1. The van der Waals surface area contributed by atoms with E-state index in [9.17, 15) is 4.79 Å². The highest BCUT2D eigenvalue weighted by atomic mass is 79.9. The first-order valence-electron chi connectivity index (χ1n) is 6.29. The third kappa shape index (κ3) is 3.33. The van der Waals surface area contributed by atoms with Gasteiger partial charge >= 0.3 is 0 Å². The van der Waals surface area contributed by atoms with Gasteiger partial charge in [-0.2, -0.15) is 0 Å². The molecule has 4 nitrogen and oxygen atoms in total. The van der Waals surface area contributed by atoms with E-state index in [1.807, 2.05) is 41.1 Å². The van der Waals surface area contributed by atoms with Gasteiger partial charge in [-0.15, -0.1) is 0 Å². The van der Waals surface area contributed by atoms with Crippen LogP contribution in [0.2, 0.25) is 0 Å². The Labute approximate surface area is 138 Å². The first-order chi connectivity index (χ1) is 10.1. The molecule has 0 spiro atoms. The molecule has 0 fully saturated rings. The normalized spacial score (nSPS) is 10.8. The van der Waals surface area contributed by atoms with Crippen LogP contribution in [0.3, 0.4) is 0 Å². The maximum absolute atomic E-state index is 12.1. The summed E-state index contributed by atoms with van der Waals surface area (Å²) in [6, 6.07) is 11.1. The van der Waals surface area contributed by atoms with E-state index in [0.29, 0.717) is 12.1 Å². The second-order valence-electron chi connectivity index (χ2n) is 4.54. The van der Waals surface area contributed by atoms with Crippen molar-refractivity contribution in [2.45, 2.75) is 6.54 Å². The molecular weight excluding hydrogens is 398 g/mol. The van der Waals surface area contributed by atoms with Gasteiger partial charge < -0.3 is 9.72 Å². The van der Waals surface area contributed by atoms with Crippen molar-refractivity contribution in [2.24, 2.45) is 0 Å². The lowest BCUT2D eigenvalue weighted by atomic mass is 10.2. The molecule has 0 aliphatic rings. The maximum atomic E-state index is 12.1. The minimum atomic E-state index is -0.116. The fraction of sp³-hybridized carbons (Fsp3) is 0.0667. The lowest BCUT2D eigenvalue weighted by Crippen LogP contribution is -2.22. The second-order valence-corrected chi connectivity index (χ2v) is 6.37. The Bertz CT molecular complexity index is 814. The largest absolute Gasteiger partial charge is 0.346 e. The monoisotopic (exact) mass is 407 g/mol. The Morgan fingerprint density at radius 1 is 1.14 bits per heavy atom. The van der Waals surface area contributed by atoms with Crippen molar-refractivity contribution in [1.82, 2.24) is 14.7 Å². The minimum Gasteiger partial charge on any atom is -0.346 e. The van der Waals surface area contributed by atoms with Gasteiger partial charge in [-0.05, 0) is 46.3 Å². The van der Waals surface area contributed by atoms with Crippen molar-refractivity contribution in [3.8, 4) is 0 Å². The van der Waals surface area contributed by atoms with Crippen LogP contribution in [0.15, 0.2) is 57.7 Å². The smallest absolute Gasteiger partial charge is 0.251 e. The molecule has 6 heteroatoms. The zero-order valence-electron chi connectivity index (χ0n) is 10.9. The summed E-state index contributed by atoms with van der Waals surface area (Å²) < 4.78 is 3.79. The number of carbonyl (C=O) groups excluding carboxylic acids is 1. The highest BCUT2D eigenvalue weighted by molar-refractivity contribution is 9.10. The Morgan fingerprint density at radius 3 is 2.81 bits per heavy atom. The average Bonchev–Trinajstić information content (AvgIpc) is 2.86. The van der Waals surface area contributed by atoms with Gasteiger partial charge in [0.2, 0.25) is 0 Å². The number of imidazole rings is 1. The summed E-state index contributed by atoms with van der Waals surface area (Å²) in [6.45, 7) is 0.393. The average molecular weight is 409 g/mol. The van der Waals surface area contributed by atoms with Crippen molar-refractivity contribution in [1.29, 1.82) is 0 Å². The summed E-state index contributed by atoms with van der Waals surface area (Å²) in [5.41, 5.74) is 2.29. The Morgan fingerprint density at radius 2 is 2.00 bits per heavy atom. The predicted octanol–water partition coefficient (Wildman–Crippen LogP) is 3.79. The number of rotatable bonds is 3. The van der Waals surface area contributed by atoms with Crippen molar-refractivity contribution < 1.29 is 4.79 Å². The van der Waals surface area contributed by atoms with E-state index in [1.165, 1.54) is 0 Å². The van der Waals surface area contributed by atoms with Crippen molar-refractivity contribution in [3.05, 3.63) is 69.0 Å². The van der Waals surface area contributed by atoms with Crippen LogP contribution in [0.4, 0.5) is 0 Å². The third-order valence-electron chi connectivity index (χ3n) is 2.98. The molecule has 0 atom stereocenters. The van der Waals surface area contributed by atoms with Crippen LogP contribution in [-0.4, -0.2) is 15.3 Å². The van der Waals surface area contributed by atoms with Gasteiger partial charge in [0, 0.05) is 26.9 Å². The summed E-state index contributed by atoms with van der Waals surface area (Å²) in [7, 11) is 0. The number of fused-ring (bicyclic) bond motifs is 1. The van der Waals surface area contributed by atoms with E-state index < -0.39 is 0 Å². The molecule has 106 valence electrons. The molecular formula is C15H11Br2N3O. The molecule has 0 saturated carbocycles. The van der Waals surface area contributed by atoms with Crippen molar-refractivity contribution >= 4 is 43.4 Å². The Kier molecular flexibility index (Phi) is 4.07. The molecule has 0 aliphatic carbocycles. The summed E-state index contributed by atoms with van der Waals surface area (Å²) in [6.07, 6.45) is 3.84. The maximum Gasteiger partial charge on any atom is 0.251 e. The Hall–Kier alpha value is -1.66. The fourth-order valence-corrected chi connectivity index (χ4v) is 2.76. The fourth-order valence-electron chi connectivity index (χ4n) is 2.00. The molecule has 0 aliphatic heterocycles. The van der Waals surface area contributed by atoms with Crippen LogP contribution in [0.5, 0.6) is 0 Å². The predicted molar refractivity (Wildman–Crippen MR) is 88.2 cm³/mol. The zero-order chi connectivity index (χ0) is 14.8. The highest BCUT2D eigenvalue weighted by Crippen LogP contribution is 2.13. The van der Waals surface area contributed by atoms with Crippen LogP contribution in [0, 0.1) is 0 Å². The molecule has 3 rings (SSSR count). The molecule has 2 heterocycles. The van der Waals surface area contributed by atoms with Crippen LogP contribution < -0.4 is 5.32 Å². The molecule has 2 aromatic heterocycles. The number of hydrogen-bond acceptors (Lipinski definition) is 2. The first kappa shape index (κ1) is 14.3. The molecule has 21 heavy (non-hydrogen) atoms. The summed E-state index contributed by atoms with van der Waals surface area (Å²) in [4.78, 5) is 16.5. The molecule has 0 radical (unpaired) electrons. The van der Waals surface area contributed by atoms with Crippen LogP contribution in [0.25, 0.3) is 5.65 Å². The van der Waals surface area contributed by atoms with Crippen LogP contribution >= 0.6 is 31.9 Å². The number of halogens is 2. The number of nitrogens with zero attached hydrogens (tertiary/aromatic N) is 2. The number of pyridine rings is 1. The number of amides is 1. The van der Waals surface area contributed by atoms with Gasteiger partial charge in [0.15, 0.2) is 0 Å². The standard InChI is InChI=1S/C15H11Br2N3O/c16-11-3-1-2-10(6-11)15(21)18-7-13-9-20-8-12(17)4-5-14(20)19-13/h1-6,8-9H,7H2,(H,18,21). The zero-order valence-corrected chi connectivity index (χ0v) is 14.1. The van der Waals surface area contributed by atoms with Crippen molar-refractivity contribution in [2.75, 3.05) is 0 Å². The van der Waals surface area contributed by atoms with E-state index >= 15 is 0 Å². The van der Waals surface area contributed by atoms with Gasteiger partial charge in [-0.1, -0.05) is 22.0 Å².